The second-order valence-electron chi connectivity index (χ2n) is 4.26. The van der Waals surface area contributed by atoms with Crippen molar-refractivity contribution >= 4 is 5.69 Å². The van der Waals surface area contributed by atoms with Gasteiger partial charge in [0.1, 0.15) is 5.60 Å². The molecule has 0 atom stereocenters. The van der Waals surface area contributed by atoms with Crippen LogP contribution in [0.25, 0.3) is 11.4 Å². The third-order valence-corrected chi connectivity index (χ3v) is 2.60. The molecule has 0 radical (unpaired) electrons. The van der Waals surface area contributed by atoms with Crippen molar-refractivity contribution < 1.29 is 9.26 Å². The predicted octanol–water partition coefficient (Wildman–Crippen LogP) is 2.20. The summed E-state index contributed by atoms with van der Waals surface area (Å²) in [5.74, 6) is 0.954. The highest BCUT2D eigenvalue weighted by molar-refractivity contribution is 5.60. The fourth-order valence-electron chi connectivity index (χ4n) is 1.35. The Labute approximate surface area is 99.6 Å². The lowest BCUT2D eigenvalue weighted by Gasteiger charge is -2.16. The number of anilines is 1. The van der Waals surface area contributed by atoms with Gasteiger partial charge < -0.3 is 15.0 Å². The number of aromatic nitrogens is 2. The van der Waals surface area contributed by atoms with Gasteiger partial charge in [0.05, 0.1) is 0 Å². The minimum atomic E-state index is -0.592. The molecule has 90 valence electrons. The van der Waals surface area contributed by atoms with E-state index in [0.29, 0.717) is 17.4 Å². The van der Waals surface area contributed by atoms with Gasteiger partial charge in [-0.3, -0.25) is 0 Å². The van der Waals surface area contributed by atoms with Gasteiger partial charge in [-0.25, -0.2) is 0 Å². The Bertz CT molecular complexity index is 520. The molecule has 0 amide bonds. The molecule has 1 aromatic carbocycles. The largest absolute Gasteiger partial charge is 0.399 e. The number of rotatable bonds is 3. The summed E-state index contributed by atoms with van der Waals surface area (Å²) in [6.07, 6.45) is 0. The molecule has 0 saturated heterocycles. The molecule has 0 aliphatic carbocycles. The molecule has 0 fully saturated rings. The van der Waals surface area contributed by atoms with Gasteiger partial charge in [-0.2, -0.15) is 4.98 Å². The van der Waals surface area contributed by atoms with E-state index in [4.69, 9.17) is 15.0 Å². The zero-order chi connectivity index (χ0) is 12.5. The Morgan fingerprint density at radius 2 is 2.12 bits per heavy atom. The van der Waals surface area contributed by atoms with E-state index in [2.05, 4.69) is 10.1 Å². The van der Waals surface area contributed by atoms with Gasteiger partial charge in [0.2, 0.25) is 5.82 Å². The van der Waals surface area contributed by atoms with Crippen LogP contribution in [0.3, 0.4) is 0 Å². The van der Waals surface area contributed by atoms with Crippen molar-refractivity contribution in [1.82, 2.24) is 10.1 Å². The highest BCUT2D eigenvalue weighted by atomic mass is 16.5. The molecular formula is C12H15N3O2. The number of ether oxygens (including phenoxy) is 1. The number of hydrogen-bond donors (Lipinski definition) is 1. The highest BCUT2D eigenvalue weighted by Gasteiger charge is 2.27. The van der Waals surface area contributed by atoms with E-state index >= 15 is 0 Å². The predicted molar refractivity (Wildman–Crippen MR) is 64.2 cm³/mol. The lowest BCUT2D eigenvalue weighted by molar-refractivity contribution is -0.00786. The van der Waals surface area contributed by atoms with Crippen LogP contribution in [0.4, 0.5) is 5.69 Å². The van der Waals surface area contributed by atoms with E-state index in [1.54, 1.807) is 13.2 Å². The molecule has 0 saturated carbocycles. The van der Waals surface area contributed by atoms with Gasteiger partial charge in [-0.05, 0) is 26.0 Å². The van der Waals surface area contributed by atoms with Crippen LogP contribution in [-0.2, 0) is 10.3 Å². The van der Waals surface area contributed by atoms with Crippen molar-refractivity contribution in [3.05, 3.63) is 30.2 Å². The molecule has 2 rings (SSSR count). The quantitative estimate of drug-likeness (QED) is 0.822. The van der Waals surface area contributed by atoms with Crippen molar-refractivity contribution in [2.24, 2.45) is 0 Å². The minimum absolute atomic E-state index is 0.442. The molecule has 17 heavy (non-hydrogen) atoms. The number of methoxy groups -OCH3 is 1. The SMILES string of the molecule is COC(C)(C)c1nc(-c2cccc(N)c2)no1. The van der Waals surface area contributed by atoms with Crippen LogP contribution in [0.2, 0.25) is 0 Å². The zero-order valence-electron chi connectivity index (χ0n) is 10.1. The number of nitrogen functional groups attached to an aromatic ring is 1. The minimum Gasteiger partial charge on any atom is -0.399 e. The lowest BCUT2D eigenvalue weighted by atomic mass is 10.1. The molecule has 0 spiro atoms. The van der Waals surface area contributed by atoms with Crippen LogP contribution in [0.1, 0.15) is 19.7 Å². The fraction of sp³-hybridized carbons (Fsp3) is 0.333. The van der Waals surface area contributed by atoms with Gasteiger partial charge in [0.25, 0.3) is 5.89 Å². The van der Waals surface area contributed by atoms with Crippen LogP contribution >= 0.6 is 0 Å². The smallest absolute Gasteiger partial charge is 0.258 e. The summed E-state index contributed by atoms with van der Waals surface area (Å²) in [5.41, 5.74) is 6.60. The van der Waals surface area contributed by atoms with E-state index in [-0.39, 0.29) is 0 Å². The molecule has 0 aliphatic heterocycles. The molecular weight excluding hydrogens is 218 g/mol. The lowest BCUT2D eigenvalue weighted by Crippen LogP contribution is -2.19. The van der Waals surface area contributed by atoms with Gasteiger partial charge in [0, 0.05) is 18.4 Å². The summed E-state index contributed by atoms with van der Waals surface area (Å²) in [6.45, 7) is 3.73. The van der Waals surface area contributed by atoms with E-state index in [9.17, 15) is 0 Å². The van der Waals surface area contributed by atoms with Crippen molar-refractivity contribution in [2.45, 2.75) is 19.4 Å². The third kappa shape index (κ3) is 2.29. The van der Waals surface area contributed by atoms with Crippen molar-refractivity contribution in [2.75, 3.05) is 12.8 Å². The topological polar surface area (TPSA) is 74.2 Å². The first kappa shape index (κ1) is 11.6. The van der Waals surface area contributed by atoms with Crippen LogP contribution in [0.15, 0.2) is 28.8 Å². The summed E-state index contributed by atoms with van der Waals surface area (Å²) in [5, 5.41) is 3.92. The van der Waals surface area contributed by atoms with Crippen LogP contribution in [-0.4, -0.2) is 17.3 Å². The van der Waals surface area contributed by atoms with Crippen molar-refractivity contribution in [3.8, 4) is 11.4 Å². The Balaban J connectivity index is 2.36. The zero-order valence-corrected chi connectivity index (χ0v) is 10.1. The third-order valence-electron chi connectivity index (χ3n) is 2.60. The number of nitrogens with zero attached hydrogens (tertiary/aromatic N) is 2. The summed E-state index contributed by atoms with van der Waals surface area (Å²) in [4.78, 5) is 4.31. The Morgan fingerprint density at radius 1 is 1.35 bits per heavy atom. The molecule has 5 heteroatoms. The summed E-state index contributed by atoms with van der Waals surface area (Å²) < 4.78 is 10.5. The van der Waals surface area contributed by atoms with Crippen molar-refractivity contribution in [1.29, 1.82) is 0 Å². The Morgan fingerprint density at radius 3 is 2.76 bits per heavy atom. The first-order valence-corrected chi connectivity index (χ1v) is 5.28. The van der Waals surface area contributed by atoms with Gasteiger partial charge >= 0.3 is 0 Å². The molecule has 5 nitrogen and oxygen atoms in total. The molecule has 2 aromatic rings. The van der Waals surface area contributed by atoms with Gasteiger partial charge in [-0.1, -0.05) is 17.3 Å². The van der Waals surface area contributed by atoms with E-state index in [0.717, 1.165) is 5.56 Å². The van der Waals surface area contributed by atoms with Crippen molar-refractivity contribution in [3.63, 3.8) is 0 Å². The summed E-state index contributed by atoms with van der Waals surface area (Å²) in [6, 6.07) is 7.34. The maximum Gasteiger partial charge on any atom is 0.258 e. The number of nitrogens with two attached hydrogens (primary N) is 1. The second-order valence-corrected chi connectivity index (χ2v) is 4.26. The molecule has 1 aromatic heterocycles. The van der Waals surface area contributed by atoms with Crippen LogP contribution < -0.4 is 5.73 Å². The molecule has 1 heterocycles. The average molecular weight is 233 g/mol. The first-order valence-electron chi connectivity index (χ1n) is 5.28. The highest BCUT2D eigenvalue weighted by Crippen LogP contribution is 2.25. The average Bonchev–Trinajstić information content (AvgIpc) is 2.79. The standard InChI is InChI=1S/C12H15N3O2/c1-12(2,16-3)11-14-10(15-17-11)8-5-4-6-9(13)7-8/h4-7H,13H2,1-3H3. The molecule has 0 unspecified atom stereocenters. The molecule has 0 aliphatic rings. The Kier molecular flexibility index (Phi) is 2.85. The van der Waals surface area contributed by atoms with Gasteiger partial charge in [-0.15, -0.1) is 0 Å². The number of hydrogen-bond acceptors (Lipinski definition) is 5. The second kappa shape index (κ2) is 4.18. The fourth-order valence-corrected chi connectivity index (χ4v) is 1.35. The van der Waals surface area contributed by atoms with E-state index < -0.39 is 5.60 Å². The van der Waals surface area contributed by atoms with E-state index in [1.165, 1.54) is 0 Å². The normalized spacial score (nSPS) is 11.7. The monoisotopic (exact) mass is 233 g/mol. The summed E-state index contributed by atoms with van der Waals surface area (Å²) >= 11 is 0. The van der Waals surface area contributed by atoms with Gasteiger partial charge in [0.15, 0.2) is 0 Å². The maximum absolute atomic E-state index is 5.70. The van der Waals surface area contributed by atoms with E-state index in [1.807, 2.05) is 32.0 Å². The molecule has 2 N–H and O–H groups in total. The van der Waals surface area contributed by atoms with Crippen LogP contribution in [0.5, 0.6) is 0 Å². The summed E-state index contributed by atoms with van der Waals surface area (Å²) in [7, 11) is 1.60. The maximum atomic E-state index is 5.70. The molecule has 0 bridgehead atoms. The first-order chi connectivity index (χ1) is 8.03. The Hall–Kier alpha value is -1.88. The van der Waals surface area contributed by atoms with Crippen LogP contribution in [0, 0.1) is 0 Å². The number of benzene rings is 1.